The first kappa shape index (κ1) is 14.7. The van der Waals surface area contributed by atoms with E-state index >= 15 is 0 Å². The SMILES string of the molecule is O=S(CCCCCN1CCCCC1)c1ccccc1. The Balaban J connectivity index is 1.55. The van der Waals surface area contributed by atoms with E-state index in [-0.39, 0.29) is 0 Å². The van der Waals surface area contributed by atoms with E-state index in [0.717, 1.165) is 17.1 Å². The quantitative estimate of drug-likeness (QED) is 0.713. The molecule has 1 atom stereocenters. The number of hydrogen-bond donors (Lipinski definition) is 0. The van der Waals surface area contributed by atoms with E-state index in [1.54, 1.807) is 0 Å². The Hall–Kier alpha value is -0.670. The van der Waals surface area contributed by atoms with Crippen LogP contribution in [0.3, 0.4) is 0 Å². The van der Waals surface area contributed by atoms with Crippen molar-refractivity contribution >= 4 is 10.8 Å². The average molecular weight is 279 g/mol. The molecule has 0 radical (unpaired) electrons. The second kappa shape index (κ2) is 8.49. The summed E-state index contributed by atoms with van der Waals surface area (Å²) in [6, 6.07) is 9.82. The Morgan fingerprint density at radius 3 is 2.42 bits per heavy atom. The molecule has 1 heterocycles. The van der Waals surface area contributed by atoms with Gasteiger partial charge in [0.15, 0.2) is 0 Å². The van der Waals surface area contributed by atoms with E-state index < -0.39 is 10.8 Å². The van der Waals surface area contributed by atoms with Gasteiger partial charge in [0, 0.05) is 10.6 Å². The molecule has 1 aliphatic heterocycles. The smallest absolute Gasteiger partial charge is 0.0529 e. The topological polar surface area (TPSA) is 20.3 Å². The van der Waals surface area contributed by atoms with Gasteiger partial charge in [-0.15, -0.1) is 0 Å². The van der Waals surface area contributed by atoms with Crippen molar-refractivity contribution < 1.29 is 4.21 Å². The van der Waals surface area contributed by atoms with Crippen LogP contribution in [0.1, 0.15) is 38.5 Å². The van der Waals surface area contributed by atoms with Crippen LogP contribution in [0.4, 0.5) is 0 Å². The standard InChI is InChI=1S/C16H25NOS/c18-19(16-10-4-1-5-11-16)15-9-3-8-14-17-12-6-2-7-13-17/h1,4-5,10-11H,2-3,6-9,12-15H2. The predicted molar refractivity (Wildman–Crippen MR) is 81.9 cm³/mol. The zero-order valence-corrected chi connectivity index (χ0v) is 12.5. The van der Waals surface area contributed by atoms with E-state index in [0.29, 0.717) is 0 Å². The van der Waals surface area contributed by atoms with Crippen LogP contribution < -0.4 is 0 Å². The van der Waals surface area contributed by atoms with Gasteiger partial charge in [0.2, 0.25) is 0 Å². The summed E-state index contributed by atoms with van der Waals surface area (Å²) < 4.78 is 12.0. The molecule has 0 N–H and O–H groups in total. The van der Waals surface area contributed by atoms with E-state index in [9.17, 15) is 4.21 Å². The van der Waals surface area contributed by atoms with Crippen molar-refractivity contribution in [2.75, 3.05) is 25.4 Å². The summed E-state index contributed by atoms with van der Waals surface area (Å²) >= 11 is 0. The molecule has 1 aromatic rings. The summed E-state index contributed by atoms with van der Waals surface area (Å²) in [5, 5.41) is 0. The lowest BCUT2D eigenvalue weighted by Gasteiger charge is -2.26. The molecule has 0 aliphatic carbocycles. The molecule has 0 amide bonds. The van der Waals surface area contributed by atoms with Crippen LogP contribution in [0, 0.1) is 0 Å². The molecule has 0 spiro atoms. The van der Waals surface area contributed by atoms with Gasteiger partial charge in [-0.25, -0.2) is 0 Å². The first-order valence-electron chi connectivity index (χ1n) is 7.52. The molecule has 19 heavy (non-hydrogen) atoms. The number of likely N-dealkylation sites (tertiary alicyclic amines) is 1. The first-order chi connectivity index (χ1) is 9.36. The average Bonchev–Trinajstić information content (AvgIpc) is 2.49. The van der Waals surface area contributed by atoms with Crippen LogP contribution in [-0.2, 0) is 10.8 Å². The number of nitrogens with zero attached hydrogens (tertiary/aromatic N) is 1. The zero-order chi connectivity index (χ0) is 13.3. The largest absolute Gasteiger partial charge is 0.303 e. The highest BCUT2D eigenvalue weighted by Crippen LogP contribution is 2.11. The first-order valence-corrected chi connectivity index (χ1v) is 8.84. The summed E-state index contributed by atoms with van der Waals surface area (Å²) in [5.74, 6) is 0.810. The van der Waals surface area contributed by atoms with E-state index in [1.165, 1.54) is 51.7 Å². The molecular weight excluding hydrogens is 254 g/mol. The van der Waals surface area contributed by atoms with Crippen LogP contribution in [0.15, 0.2) is 35.2 Å². The Morgan fingerprint density at radius 1 is 0.947 bits per heavy atom. The van der Waals surface area contributed by atoms with Crippen LogP contribution in [0.5, 0.6) is 0 Å². The zero-order valence-electron chi connectivity index (χ0n) is 11.7. The number of benzene rings is 1. The van der Waals surface area contributed by atoms with Crippen LogP contribution >= 0.6 is 0 Å². The highest BCUT2D eigenvalue weighted by atomic mass is 32.2. The van der Waals surface area contributed by atoms with Crippen molar-refractivity contribution in [2.45, 2.75) is 43.4 Å². The number of hydrogen-bond acceptors (Lipinski definition) is 2. The highest BCUT2D eigenvalue weighted by Gasteiger charge is 2.09. The minimum atomic E-state index is -0.805. The lowest BCUT2D eigenvalue weighted by molar-refractivity contribution is 0.224. The maximum absolute atomic E-state index is 12.0. The number of piperidine rings is 1. The fourth-order valence-corrected chi connectivity index (χ4v) is 3.78. The van der Waals surface area contributed by atoms with Gasteiger partial charge >= 0.3 is 0 Å². The Morgan fingerprint density at radius 2 is 1.68 bits per heavy atom. The summed E-state index contributed by atoms with van der Waals surface area (Å²) in [6.45, 7) is 3.81. The van der Waals surface area contributed by atoms with Crippen molar-refractivity contribution in [3.63, 3.8) is 0 Å². The fourth-order valence-electron chi connectivity index (χ4n) is 2.62. The van der Waals surface area contributed by atoms with E-state index in [4.69, 9.17) is 0 Å². The van der Waals surface area contributed by atoms with Crippen molar-refractivity contribution in [1.82, 2.24) is 4.90 Å². The van der Waals surface area contributed by atoms with Crippen LogP contribution in [-0.4, -0.2) is 34.5 Å². The molecule has 106 valence electrons. The van der Waals surface area contributed by atoms with Crippen molar-refractivity contribution in [1.29, 1.82) is 0 Å². The maximum atomic E-state index is 12.0. The molecule has 0 aromatic heterocycles. The molecule has 3 heteroatoms. The van der Waals surface area contributed by atoms with Crippen molar-refractivity contribution in [3.8, 4) is 0 Å². The second-order valence-electron chi connectivity index (χ2n) is 5.33. The third-order valence-electron chi connectivity index (χ3n) is 3.76. The molecule has 0 bridgehead atoms. The predicted octanol–water partition coefficient (Wildman–Crippen LogP) is 3.45. The number of unbranched alkanes of at least 4 members (excludes halogenated alkanes) is 2. The second-order valence-corrected chi connectivity index (χ2v) is 6.90. The van der Waals surface area contributed by atoms with Crippen molar-refractivity contribution in [3.05, 3.63) is 30.3 Å². The minimum absolute atomic E-state index is 0.805. The van der Waals surface area contributed by atoms with Gasteiger partial charge in [-0.05, 0) is 57.5 Å². The Bertz CT molecular complexity index is 374. The molecule has 1 aromatic carbocycles. The Kier molecular flexibility index (Phi) is 6.58. The van der Waals surface area contributed by atoms with Gasteiger partial charge in [0.25, 0.3) is 0 Å². The third kappa shape index (κ3) is 5.45. The van der Waals surface area contributed by atoms with E-state index in [1.807, 2.05) is 30.3 Å². The normalized spacial score (nSPS) is 18.3. The lowest BCUT2D eigenvalue weighted by atomic mass is 10.1. The van der Waals surface area contributed by atoms with Gasteiger partial charge in [0.1, 0.15) is 0 Å². The molecule has 1 fully saturated rings. The highest BCUT2D eigenvalue weighted by molar-refractivity contribution is 7.85. The van der Waals surface area contributed by atoms with Crippen LogP contribution in [0.25, 0.3) is 0 Å². The maximum Gasteiger partial charge on any atom is 0.0529 e. The van der Waals surface area contributed by atoms with Gasteiger partial charge < -0.3 is 4.90 Å². The molecule has 2 nitrogen and oxygen atoms in total. The van der Waals surface area contributed by atoms with Gasteiger partial charge in [-0.3, -0.25) is 4.21 Å². The summed E-state index contributed by atoms with van der Waals surface area (Å²) in [5.41, 5.74) is 0. The molecule has 2 rings (SSSR count). The van der Waals surface area contributed by atoms with Gasteiger partial charge in [0.05, 0.1) is 10.8 Å². The Labute approximate surface area is 119 Å². The molecular formula is C16H25NOS. The van der Waals surface area contributed by atoms with Crippen LogP contribution in [0.2, 0.25) is 0 Å². The minimum Gasteiger partial charge on any atom is -0.303 e. The fraction of sp³-hybridized carbons (Fsp3) is 0.625. The summed E-state index contributed by atoms with van der Waals surface area (Å²) in [7, 11) is -0.805. The summed E-state index contributed by atoms with van der Waals surface area (Å²) in [4.78, 5) is 3.55. The molecule has 0 saturated carbocycles. The van der Waals surface area contributed by atoms with E-state index in [2.05, 4.69) is 4.90 Å². The molecule has 1 saturated heterocycles. The van der Waals surface area contributed by atoms with Gasteiger partial charge in [-0.1, -0.05) is 31.0 Å². The number of rotatable bonds is 7. The third-order valence-corrected chi connectivity index (χ3v) is 5.22. The molecule has 1 aliphatic rings. The lowest BCUT2D eigenvalue weighted by Crippen LogP contribution is -2.30. The van der Waals surface area contributed by atoms with Gasteiger partial charge in [-0.2, -0.15) is 0 Å². The summed E-state index contributed by atoms with van der Waals surface area (Å²) in [6.07, 6.45) is 7.69. The molecule has 1 unspecified atom stereocenters. The monoisotopic (exact) mass is 279 g/mol. The van der Waals surface area contributed by atoms with Crippen molar-refractivity contribution in [2.24, 2.45) is 0 Å².